The summed E-state index contributed by atoms with van der Waals surface area (Å²) in [4.78, 5) is 12.1. The van der Waals surface area contributed by atoms with E-state index in [1.807, 2.05) is 35.6 Å². The van der Waals surface area contributed by atoms with E-state index in [-0.39, 0.29) is 0 Å². The smallest absolute Gasteiger partial charge is 0.258 e. The van der Waals surface area contributed by atoms with Crippen LogP contribution in [0.5, 0.6) is 5.75 Å². The molecule has 2 rings (SSSR count). The van der Waals surface area contributed by atoms with Crippen molar-refractivity contribution in [2.45, 2.75) is 6.92 Å². The summed E-state index contributed by atoms with van der Waals surface area (Å²) in [5.41, 5.74) is 0.800. The van der Waals surface area contributed by atoms with Crippen LogP contribution in [0.1, 0.15) is 15.9 Å². The molecule has 0 saturated heterocycles. The van der Waals surface area contributed by atoms with E-state index in [0.717, 1.165) is 16.2 Å². The van der Waals surface area contributed by atoms with Gasteiger partial charge >= 0.3 is 0 Å². The average Bonchev–Trinajstić information content (AvgIpc) is 2.46. The van der Waals surface area contributed by atoms with Gasteiger partial charge in [0.2, 0.25) is 5.82 Å². The molecule has 0 atom stereocenters. The summed E-state index contributed by atoms with van der Waals surface area (Å²) in [7, 11) is 0.992. The second-order valence-electron chi connectivity index (χ2n) is 4.50. The van der Waals surface area contributed by atoms with E-state index in [2.05, 4.69) is 10.1 Å². The third-order valence-electron chi connectivity index (χ3n) is 2.94. The number of benzene rings is 2. The SMILES string of the molecule is COc1c(F)c(F)cc(C(=O)Nc2ccc(C)cc2I)c1F. The second kappa shape index (κ2) is 6.55. The number of halogens is 4. The molecule has 0 unspecified atom stereocenters. The lowest BCUT2D eigenvalue weighted by atomic mass is 10.1. The van der Waals surface area contributed by atoms with Crippen molar-refractivity contribution in [3.8, 4) is 5.75 Å². The minimum Gasteiger partial charge on any atom is -0.491 e. The van der Waals surface area contributed by atoms with Gasteiger partial charge < -0.3 is 10.1 Å². The lowest BCUT2D eigenvalue weighted by molar-refractivity contribution is 0.102. The molecule has 7 heteroatoms. The first-order valence-electron chi connectivity index (χ1n) is 6.14. The fourth-order valence-electron chi connectivity index (χ4n) is 1.84. The molecule has 3 nitrogen and oxygen atoms in total. The average molecular weight is 421 g/mol. The summed E-state index contributed by atoms with van der Waals surface area (Å²) in [6.45, 7) is 1.88. The molecule has 2 aromatic carbocycles. The van der Waals surface area contributed by atoms with Crippen molar-refractivity contribution in [2.24, 2.45) is 0 Å². The van der Waals surface area contributed by atoms with Crippen LogP contribution in [0, 0.1) is 27.9 Å². The van der Waals surface area contributed by atoms with E-state index >= 15 is 0 Å². The first-order chi connectivity index (χ1) is 10.3. The van der Waals surface area contributed by atoms with Crippen molar-refractivity contribution >= 4 is 34.2 Å². The molecule has 1 amide bonds. The Hall–Kier alpha value is -1.77. The van der Waals surface area contributed by atoms with Gasteiger partial charge in [-0.3, -0.25) is 4.79 Å². The largest absolute Gasteiger partial charge is 0.491 e. The molecule has 0 fully saturated rings. The lowest BCUT2D eigenvalue weighted by Gasteiger charge is -2.11. The molecule has 0 radical (unpaired) electrons. The highest BCUT2D eigenvalue weighted by atomic mass is 127. The number of nitrogens with one attached hydrogen (secondary N) is 1. The summed E-state index contributed by atoms with van der Waals surface area (Å²) in [6.07, 6.45) is 0. The van der Waals surface area contributed by atoms with E-state index in [1.165, 1.54) is 0 Å². The van der Waals surface area contributed by atoms with Gasteiger partial charge in [0.25, 0.3) is 5.91 Å². The van der Waals surface area contributed by atoms with Gasteiger partial charge in [-0.2, -0.15) is 4.39 Å². The van der Waals surface area contributed by atoms with E-state index in [9.17, 15) is 18.0 Å². The fraction of sp³-hybridized carbons (Fsp3) is 0.133. The molecule has 2 aromatic rings. The van der Waals surface area contributed by atoms with Crippen molar-refractivity contribution in [3.05, 3.63) is 56.4 Å². The number of ether oxygens (including phenoxy) is 1. The van der Waals surface area contributed by atoms with Crippen LogP contribution in [0.3, 0.4) is 0 Å². The van der Waals surface area contributed by atoms with Crippen LogP contribution in [0.4, 0.5) is 18.9 Å². The number of aryl methyl sites for hydroxylation is 1. The summed E-state index contributed by atoms with van der Waals surface area (Å²) in [5.74, 6) is -5.90. The standard InChI is InChI=1S/C15H11F3INO2/c1-7-3-4-11(10(19)5-7)20-15(21)8-6-9(16)13(18)14(22-2)12(8)17/h3-6H,1-2H3,(H,20,21). The predicted octanol–water partition coefficient (Wildman–Crippen LogP) is 4.28. The topological polar surface area (TPSA) is 38.3 Å². The Morgan fingerprint density at radius 3 is 2.45 bits per heavy atom. The Kier molecular flexibility index (Phi) is 4.94. The monoisotopic (exact) mass is 421 g/mol. The molecular weight excluding hydrogens is 410 g/mol. The van der Waals surface area contributed by atoms with Crippen molar-refractivity contribution in [1.29, 1.82) is 0 Å². The van der Waals surface area contributed by atoms with Gasteiger partial charge in [-0.15, -0.1) is 0 Å². The lowest BCUT2D eigenvalue weighted by Crippen LogP contribution is -2.16. The molecule has 0 aromatic heterocycles. The van der Waals surface area contributed by atoms with Crippen LogP contribution in [-0.4, -0.2) is 13.0 Å². The number of methoxy groups -OCH3 is 1. The summed E-state index contributed by atoms with van der Waals surface area (Å²) in [6, 6.07) is 5.73. The molecule has 0 heterocycles. The van der Waals surface area contributed by atoms with Gasteiger partial charge in [0.1, 0.15) is 0 Å². The van der Waals surface area contributed by atoms with Gasteiger partial charge in [0.05, 0.1) is 18.4 Å². The quantitative estimate of drug-likeness (QED) is 0.594. The number of hydrogen-bond donors (Lipinski definition) is 1. The van der Waals surface area contributed by atoms with Crippen molar-refractivity contribution in [3.63, 3.8) is 0 Å². The van der Waals surface area contributed by atoms with Crippen LogP contribution < -0.4 is 10.1 Å². The van der Waals surface area contributed by atoms with Crippen molar-refractivity contribution in [2.75, 3.05) is 12.4 Å². The molecule has 0 saturated carbocycles. The van der Waals surface area contributed by atoms with Gasteiger partial charge in [-0.1, -0.05) is 6.07 Å². The zero-order valence-electron chi connectivity index (χ0n) is 11.6. The maximum atomic E-state index is 14.0. The number of carbonyl (C=O) groups is 1. The Morgan fingerprint density at radius 2 is 1.86 bits per heavy atom. The van der Waals surface area contributed by atoms with Crippen LogP contribution in [0.25, 0.3) is 0 Å². The molecule has 22 heavy (non-hydrogen) atoms. The maximum Gasteiger partial charge on any atom is 0.258 e. The number of anilines is 1. The van der Waals surface area contributed by atoms with Crippen LogP contribution in [0.15, 0.2) is 24.3 Å². The normalized spacial score (nSPS) is 10.5. The molecule has 116 valence electrons. The Bertz CT molecular complexity index is 750. The Balaban J connectivity index is 2.40. The first kappa shape index (κ1) is 16.6. The third-order valence-corrected chi connectivity index (χ3v) is 3.83. The molecular formula is C15H11F3INO2. The molecule has 0 spiro atoms. The van der Waals surface area contributed by atoms with Gasteiger partial charge in [-0.05, 0) is 53.3 Å². The number of carbonyl (C=O) groups excluding carboxylic acids is 1. The van der Waals surface area contributed by atoms with Gasteiger partial charge in [0.15, 0.2) is 17.4 Å². The third kappa shape index (κ3) is 3.18. The molecule has 0 aliphatic rings. The van der Waals surface area contributed by atoms with Gasteiger partial charge in [-0.25, -0.2) is 8.78 Å². The van der Waals surface area contributed by atoms with Crippen LogP contribution >= 0.6 is 22.6 Å². The minimum absolute atomic E-state index is 0.444. The van der Waals surface area contributed by atoms with E-state index < -0.39 is 34.7 Å². The highest BCUT2D eigenvalue weighted by Crippen LogP contribution is 2.28. The predicted molar refractivity (Wildman–Crippen MR) is 84.7 cm³/mol. The summed E-state index contributed by atoms with van der Waals surface area (Å²) < 4.78 is 46.0. The molecule has 0 aliphatic heterocycles. The number of rotatable bonds is 3. The molecule has 0 aliphatic carbocycles. The van der Waals surface area contributed by atoms with E-state index in [1.54, 1.807) is 12.1 Å². The van der Waals surface area contributed by atoms with Crippen LogP contribution in [0.2, 0.25) is 0 Å². The maximum absolute atomic E-state index is 14.0. The number of hydrogen-bond acceptors (Lipinski definition) is 2. The minimum atomic E-state index is -1.47. The fourth-order valence-corrected chi connectivity index (χ4v) is 2.64. The van der Waals surface area contributed by atoms with Gasteiger partial charge in [0, 0.05) is 3.57 Å². The van der Waals surface area contributed by atoms with Crippen LogP contribution in [-0.2, 0) is 0 Å². The Morgan fingerprint density at radius 1 is 1.18 bits per heavy atom. The summed E-state index contributed by atoms with van der Waals surface area (Å²) >= 11 is 2.01. The Labute approximate surface area is 138 Å². The second-order valence-corrected chi connectivity index (χ2v) is 5.67. The number of amides is 1. The zero-order chi connectivity index (χ0) is 16.4. The molecule has 0 bridgehead atoms. The first-order valence-corrected chi connectivity index (χ1v) is 7.22. The summed E-state index contributed by atoms with van der Waals surface area (Å²) in [5, 5.41) is 2.46. The molecule has 1 N–H and O–H groups in total. The highest BCUT2D eigenvalue weighted by molar-refractivity contribution is 14.1. The highest BCUT2D eigenvalue weighted by Gasteiger charge is 2.24. The zero-order valence-corrected chi connectivity index (χ0v) is 13.8. The van der Waals surface area contributed by atoms with E-state index in [4.69, 9.17) is 0 Å². The van der Waals surface area contributed by atoms with Crippen molar-refractivity contribution in [1.82, 2.24) is 0 Å². The van der Waals surface area contributed by atoms with E-state index in [0.29, 0.717) is 11.8 Å². The van der Waals surface area contributed by atoms with Crippen molar-refractivity contribution < 1.29 is 22.7 Å².